The maximum Gasteiger partial charge on any atom is 0.321 e. The van der Waals surface area contributed by atoms with Crippen molar-refractivity contribution in [3.8, 4) is 0 Å². The normalized spacial score (nSPS) is 14.5. The van der Waals surface area contributed by atoms with E-state index >= 15 is 0 Å². The number of urea groups is 1. The maximum atomic E-state index is 12.3. The van der Waals surface area contributed by atoms with E-state index in [4.69, 9.17) is 0 Å². The summed E-state index contributed by atoms with van der Waals surface area (Å²) in [5, 5.41) is 9.45. The smallest absolute Gasteiger partial charge is 0.321 e. The second-order valence-electron chi connectivity index (χ2n) is 5.95. The Morgan fingerprint density at radius 2 is 1.96 bits per heavy atom. The number of amides is 3. The van der Waals surface area contributed by atoms with Gasteiger partial charge in [0.15, 0.2) is 0 Å². The Hall–Kier alpha value is -2.83. The van der Waals surface area contributed by atoms with Gasteiger partial charge in [0.05, 0.1) is 12.6 Å². The fourth-order valence-corrected chi connectivity index (χ4v) is 2.75. The van der Waals surface area contributed by atoms with Gasteiger partial charge >= 0.3 is 6.03 Å². The molecule has 0 bridgehead atoms. The summed E-state index contributed by atoms with van der Waals surface area (Å²) in [5.74, 6) is 0.0649. The van der Waals surface area contributed by atoms with Crippen LogP contribution >= 0.6 is 0 Å². The molecule has 24 heavy (non-hydrogen) atoms. The van der Waals surface area contributed by atoms with E-state index in [9.17, 15) is 9.59 Å². The number of piperazine rings is 1. The highest BCUT2D eigenvalue weighted by Gasteiger charge is 2.24. The monoisotopic (exact) mass is 327 g/mol. The Balaban J connectivity index is 1.49. The van der Waals surface area contributed by atoms with E-state index in [0.29, 0.717) is 32.6 Å². The number of aryl methyl sites for hydroxylation is 1. The Bertz CT molecular complexity index is 706. The Kier molecular flexibility index (Phi) is 4.79. The first kappa shape index (κ1) is 16.0. The molecule has 2 N–H and O–H groups in total. The summed E-state index contributed by atoms with van der Waals surface area (Å²) >= 11 is 0. The zero-order valence-electron chi connectivity index (χ0n) is 13.7. The molecule has 7 heteroatoms. The summed E-state index contributed by atoms with van der Waals surface area (Å²) in [6, 6.07) is 7.58. The van der Waals surface area contributed by atoms with Gasteiger partial charge in [-0.3, -0.25) is 9.89 Å². The highest BCUT2D eigenvalue weighted by atomic mass is 16.2. The van der Waals surface area contributed by atoms with Gasteiger partial charge in [0.2, 0.25) is 5.91 Å². The lowest BCUT2D eigenvalue weighted by Gasteiger charge is -2.34. The molecule has 3 amide bonds. The summed E-state index contributed by atoms with van der Waals surface area (Å²) in [6.07, 6.45) is 3.72. The number of carbonyl (C=O) groups is 2. The third kappa shape index (κ3) is 3.92. The second kappa shape index (κ2) is 7.16. The van der Waals surface area contributed by atoms with Crippen LogP contribution in [-0.4, -0.2) is 58.1 Å². The Labute approximate surface area is 140 Å². The summed E-state index contributed by atoms with van der Waals surface area (Å²) in [6.45, 7) is 4.17. The molecular formula is C17H21N5O2. The predicted molar refractivity (Wildman–Crippen MR) is 90.6 cm³/mol. The van der Waals surface area contributed by atoms with Crippen LogP contribution in [-0.2, 0) is 11.2 Å². The molecule has 0 aliphatic carbocycles. The maximum absolute atomic E-state index is 12.3. The summed E-state index contributed by atoms with van der Waals surface area (Å²) < 4.78 is 0. The summed E-state index contributed by atoms with van der Waals surface area (Å²) in [4.78, 5) is 28.1. The summed E-state index contributed by atoms with van der Waals surface area (Å²) in [7, 11) is 0. The van der Waals surface area contributed by atoms with Gasteiger partial charge in [-0.15, -0.1) is 0 Å². The molecule has 7 nitrogen and oxygen atoms in total. The number of anilines is 1. The molecule has 3 rings (SSSR count). The van der Waals surface area contributed by atoms with Crippen molar-refractivity contribution in [3.63, 3.8) is 0 Å². The van der Waals surface area contributed by atoms with E-state index in [1.807, 2.05) is 31.2 Å². The fraction of sp³-hybridized carbons (Fsp3) is 0.353. The Morgan fingerprint density at radius 3 is 2.62 bits per heavy atom. The standard InChI is InChI=1S/C17H21N5O2/c1-13-3-2-4-15(9-13)20-17(24)22-7-5-21(6-8-22)16(23)10-14-11-18-19-12-14/h2-4,9,11-12H,5-8,10H2,1H3,(H,18,19)(H,20,24). The van der Waals surface area contributed by atoms with E-state index in [1.54, 1.807) is 22.2 Å². The van der Waals surface area contributed by atoms with Gasteiger partial charge in [0.25, 0.3) is 0 Å². The molecule has 0 spiro atoms. The largest absolute Gasteiger partial charge is 0.339 e. The van der Waals surface area contributed by atoms with Crippen molar-refractivity contribution < 1.29 is 9.59 Å². The topological polar surface area (TPSA) is 81.3 Å². The molecule has 0 atom stereocenters. The van der Waals surface area contributed by atoms with Crippen molar-refractivity contribution in [2.45, 2.75) is 13.3 Å². The first-order valence-electron chi connectivity index (χ1n) is 8.00. The third-order valence-corrected chi connectivity index (χ3v) is 4.10. The minimum absolute atomic E-state index is 0.0649. The van der Waals surface area contributed by atoms with Crippen molar-refractivity contribution in [1.82, 2.24) is 20.0 Å². The first-order valence-corrected chi connectivity index (χ1v) is 8.00. The van der Waals surface area contributed by atoms with Crippen molar-refractivity contribution in [2.75, 3.05) is 31.5 Å². The fourth-order valence-electron chi connectivity index (χ4n) is 2.75. The second-order valence-corrected chi connectivity index (χ2v) is 5.95. The number of rotatable bonds is 3. The molecule has 0 unspecified atom stereocenters. The van der Waals surface area contributed by atoms with Gasteiger partial charge in [0.1, 0.15) is 0 Å². The van der Waals surface area contributed by atoms with Gasteiger partial charge in [-0.2, -0.15) is 5.10 Å². The molecule has 1 fully saturated rings. The molecule has 0 saturated carbocycles. The molecule has 1 aliphatic rings. The average molecular weight is 327 g/mol. The number of hydrogen-bond acceptors (Lipinski definition) is 3. The van der Waals surface area contributed by atoms with Crippen LogP contribution in [0.3, 0.4) is 0 Å². The molecule has 1 saturated heterocycles. The minimum Gasteiger partial charge on any atom is -0.339 e. The van der Waals surface area contributed by atoms with Crippen LogP contribution in [0.1, 0.15) is 11.1 Å². The van der Waals surface area contributed by atoms with Crippen molar-refractivity contribution in [2.24, 2.45) is 0 Å². The number of aromatic nitrogens is 2. The van der Waals surface area contributed by atoms with Crippen LogP contribution in [0.15, 0.2) is 36.7 Å². The first-order chi connectivity index (χ1) is 11.6. The lowest BCUT2D eigenvalue weighted by Crippen LogP contribution is -2.52. The van der Waals surface area contributed by atoms with Gasteiger partial charge in [0, 0.05) is 38.1 Å². The SMILES string of the molecule is Cc1cccc(NC(=O)N2CCN(C(=O)Cc3cn[nH]c3)CC2)c1. The van der Waals surface area contributed by atoms with Crippen LogP contribution < -0.4 is 5.32 Å². The van der Waals surface area contributed by atoms with Crippen LogP contribution in [0.5, 0.6) is 0 Å². The van der Waals surface area contributed by atoms with Gasteiger partial charge in [-0.1, -0.05) is 12.1 Å². The van der Waals surface area contributed by atoms with Gasteiger partial charge < -0.3 is 15.1 Å². The van der Waals surface area contributed by atoms with Crippen molar-refractivity contribution in [1.29, 1.82) is 0 Å². The number of benzene rings is 1. The van der Waals surface area contributed by atoms with Crippen molar-refractivity contribution >= 4 is 17.6 Å². The predicted octanol–water partition coefficient (Wildman–Crippen LogP) is 1.64. The van der Waals surface area contributed by atoms with Crippen LogP contribution in [0, 0.1) is 6.92 Å². The zero-order valence-corrected chi connectivity index (χ0v) is 13.7. The number of nitrogens with zero attached hydrogens (tertiary/aromatic N) is 3. The number of nitrogens with one attached hydrogen (secondary N) is 2. The van der Waals surface area contributed by atoms with Crippen molar-refractivity contribution in [3.05, 3.63) is 47.8 Å². The molecule has 2 aromatic rings. The van der Waals surface area contributed by atoms with E-state index in [1.165, 1.54) is 0 Å². The van der Waals surface area contributed by atoms with Gasteiger partial charge in [-0.05, 0) is 30.2 Å². The molecular weight excluding hydrogens is 306 g/mol. The van der Waals surface area contributed by atoms with Crippen LogP contribution in [0.4, 0.5) is 10.5 Å². The zero-order chi connectivity index (χ0) is 16.9. The highest BCUT2D eigenvalue weighted by molar-refractivity contribution is 5.89. The van der Waals surface area contributed by atoms with E-state index in [0.717, 1.165) is 16.8 Å². The molecule has 1 aliphatic heterocycles. The number of aromatic amines is 1. The van der Waals surface area contributed by atoms with E-state index in [-0.39, 0.29) is 11.9 Å². The molecule has 2 heterocycles. The quantitative estimate of drug-likeness (QED) is 0.899. The molecule has 1 aromatic heterocycles. The minimum atomic E-state index is -0.123. The van der Waals surface area contributed by atoms with Gasteiger partial charge in [-0.25, -0.2) is 4.79 Å². The number of hydrogen-bond donors (Lipinski definition) is 2. The number of H-pyrrole nitrogens is 1. The van der Waals surface area contributed by atoms with E-state index < -0.39 is 0 Å². The molecule has 1 aromatic carbocycles. The van der Waals surface area contributed by atoms with E-state index in [2.05, 4.69) is 15.5 Å². The van der Waals surface area contributed by atoms with Crippen LogP contribution in [0.2, 0.25) is 0 Å². The number of carbonyl (C=O) groups excluding carboxylic acids is 2. The third-order valence-electron chi connectivity index (χ3n) is 4.10. The highest BCUT2D eigenvalue weighted by Crippen LogP contribution is 2.12. The van der Waals surface area contributed by atoms with Crippen LogP contribution in [0.25, 0.3) is 0 Å². The molecule has 126 valence electrons. The lowest BCUT2D eigenvalue weighted by molar-refractivity contribution is -0.131. The molecule has 0 radical (unpaired) electrons. The average Bonchev–Trinajstić information content (AvgIpc) is 3.08. The summed E-state index contributed by atoms with van der Waals surface area (Å²) in [5.41, 5.74) is 2.76. The Morgan fingerprint density at radius 1 is 1.21 bits per heavy atom. The lowest BCUT2D eigenvalue weighted by atomic mass is 10.2.